The summed E-state index contributed by atoms with van der Waals surface area (Å²) in [7, 11) is 0.176. The summed E-state index contributed by atoms with van der Waals surface area (Å²) in [6, 6.07) is 8.41. The number of aromatic nitrogens is 4. The Morgan fingerprint density at radius 2 is 1.74 bits per heavy atom. The van der Waals surface area contributed by atoms with E-state index in [1.54, 1.807) is 51.6 Å². The summed E-state index contributed by atoms with van der Waals surface area (Å²) in [5.74, 6) is 1.46. The zero-order valence-electron chi connectivity index (χ0n) is 29.6. The number of aryl methyl sites for hydroxylation is 1. The van der Waals surface area contributed by atoms with Gasteiger partial charge in [-0.25, -0.2) is 13.4 Å². The lowest BCUT2D eigenvalue weighted by atomic mass is 9.99. The summed E-state index contributed by atoms with van der Waals surface area (Å²) >= 11 is 0. The van der Waals surface area contributed by atoms with E-state index in [1.165, 1.54) is 17.4 Å². The molecule has 0 atom stereocenters. The van der Waals surface area contributed by atoms with Crippen LogP contribution in [-0.2, 0) is 16.4 Å². The lowest BCUT2D eigenvalue weighted by Gasteiger charge is -2.43. The van der Waals surface area contributed by atoms with E-state index in [0.717, 1.165) is 64.2 Å². The van der Waals surface area contributed by atoms with Crippen molar-refractivity contribution in [1.29, 1.82) is 0 Å². The molecule has 0 unspecified atom stereocenters. The van der Waals surface area contributed by atoms with Crippen LogP contribution in [0.4, 0.5) is 34.5 Å². The molecule has 0 saturated carbocycles. The van der Waals surface area contributed by atoms with Crippen LogP contribution in [0.2, 0.25) is 0 Å². The van der Waals surface area contributed by atoms with Crippen molar-refractivity contribution in [2.24, 2.45) is 0 Å². The minimum atomic E-state index is -3.70. The molecule has 4 aromatic rings. The standard InChI is InChI=1S/C36H48N10O3S/c1-7-25-21-30(32(49-6)22-31(25)46-15-11-27(12-16-46)45-19-17-44(5)18-20-45)41-36-39-23-26(8-2)35(42-36)40-29-10-9-28-33(38-14-13-37-28)34(29)43-50(47,48)24(3)4/h8-10,13-14,21-24,27,43H,2,7,11-12,15-20H2,1,3-6H3,(H2,39,40,41,42). The third-order valence-electron chi connectivity index (χ3n) is 9.68. The summed E-state index contributed by atoms with van der Waals surface area (Å²) in [4.78, 5) is 25.7. The average Bonchev–Trinajstić information content (AvgIpc) is 3.13. The Kier molecular flexibility index (Phi) is 10.7. The highest BCUT2D eigenvalue weighted by Gasteiger charge is 2.28. The summed E-state index contributed by atoms with van der Waals surface area (Å²) in [6.07, 6.45) is 9.56. The Labute approximate surface area is 295 Å². The topological polar surface area (TPSA) is 141 Å². The molecule has 2 aromatic heterocycles. The number of hydrogen-bond acceptors (Lipinski definition) is 12. The first-order valence-electron chi connectivity index (χ1n) is 17.3. The minimum Gasteiger partial charge on any atom is -0.494 e. The van der Waals surface area contributed by atoms with Crippen molar-refractivity contribution in [2.45, 2.75) is 51.3 Å². The lowest BCUT2D eigenvalue weighted by Crippen LogP contribution is -2.52. The minimum absolute atomic E-state index is 0.282. The van der Waals surface area contributed by atoms with Crippen molar-refractivity contribution < 1.29 is 13.2 Å². The largest absolute Gasteiger partial charge is 0.494 e. The fourth-order valence-electron chi connectivity index (χ4n) is 6.57. The van der Waals surface area contributed by atoms with Crippen LogP contribution in [0.1, 0.15) is 44.7 Å². The Balaban J connectivity index is 1.25. The van der Waals surface area contributed by atoms with Crippen LogP contribution < -0.4 is 25.0 Å². The maximum Gasteiger partial charge on any atom is 0.235 e. The summed E-state index contributed by atoms with van der Waals surface area (Å²) < 4.78 is 34.6. The van der Waals surface area contributed by atoms with Crippen molar-refractivity contribution in [3.05, 3.63) is 60.6 Å². The number of benzene rings is 2. The van der Waals surface area contributed by atoms with Crippen LogP contribution in [0, 0.1) is 0 Å². The van der Waals surface area contributed by atoms with Crippen LogP contribution in [0.5, 0.6) is 5.75 Å². The number of rotatable bonds is 12. The van der Waals surface area contributed by atoms with Crippen molar-refractivity contribution in [1.82, 2.24) is 29.7 Å². The first-order valence-corrected chi connectivity index (χ1v) is 18.8. The van der Waals surface area contributed by atoms with Crippen LogP contribution >= 0.6 is 0 Å². The number of fused-ring (bicyclic) bond motifs is 1. The van der Waals surface area contributed by atoms with E-state index in [2.05, 4.69) is 77.7 Å². The van der Waals surface area contributed by atoms with Gasteiger partial charge < -0.3 is 25.2 Å². The molecular weight excluding hydrogens is 653 g/mol. The SMILES string of the molecule is C=Cc1cnc(Nc2cc(CC)c(N3CCC(N4CCN(C)CC4)CC3)cc2OC)nc1Nc1ccc2nccnc2c1NS(=O)(=O)C(C)C. The van der Waals surface area contributed by atoms with Gasteiger partial charge in [0.25, 0.3) is 0 Å². The summed E-state index contributed by atoms with van der Waals surface area (Å²) in [5.41, 5.74) is 5.50. The van der Waals surface area contributed by atoms with Crippen molar-refractivity contribution in [3.8, 4) is 5.75 Å². The highest BCUT2D eigenvalue weighted by molar-refractivity contribution is 7.93. The molecule has 0 aliphatic carbocycles. The molecule has 266 valence electrons. The Morgan fingerprint density at radius 3 is 2.42 bits per heavy atom. The average molecular weight is 701 g/mol. The van der Waals surface area contributed by atoms with Gasteiger partial charge in [0.2, 0.25) is 16.0 Å². The Morgan fingerprint density at radius 1 is 1.00 bits per heavy atom. The highest BCUT2D eigenvalue weighted by Crippen LogP contribution is 2.38. The van der Waals surface area contributed by atoms with E-state index < -0.39 is 15.3 Å². The molecule has 2 aliphatic rings. The van der Waals surface area contributed by atoms with Crippen LogP contribution in [0.25, 0.3) is 17.1 Å². The predicted molar refractivity (Wildman–Crippen MR) is 203 cm³/mol. The number of piperidine rings is 1. The van der Waals surface area contributed by atoms with Crippen LogP contribution in [0.15, 0.2) is 49.4 Å². The molecule has 6 rings (SSSR count). The molecule has 0 bridgehead atoms. The van der Waals surface area contributed by atoms with Crippen molar-refractivity contribution in [3.63, 3.8) is 0 Å². The second-order valence-corrected chi connectivity index (χ2v) is 15.4. The molecule has 0 spiro atoms. The number of methoxy groups -OCH3 is 1. The van der Waals surface area contributed by atoms with Gasteiger partial charge in [-0.05, 0) is 63.9 Å². The molecule has 50 heavy (non-hydrogen) atoms. The summed E-state index contributed by atoms with van der Waals surface area (Å²) in [6.45, 7) is 15.9. The molecule has 2 saturated heterocycles. The zero-order valence-corrected chi connectivity index (χ0v) is 30.4. The van der Waals surface area contributed by atoms with Gasteiger partial charge in [0.1, 0.15) is 17.1 Å². The highest BCUT2D eigenvalue weighted by atomic mass is 32.2. The number of nitrogens with one attached hydrogen (secondary N) is 3. The molecule has 2 aromatic carbocycles. The van der Waals surface area contributed by atoms with E-state index in [0.29, 0.717) is 45.8 Å². The van der Waals surface area contributed by atoms with Gasteiger partial charge in [-0.3, -0.25) is 19.6 Å². The van der Waals surface area contributed by atoms with E-state index in [1.807, 2.05) is 0 Å². The van der Waals surface area contributed by atoms with E-state index in [9.17, 15) is 8.42 Å². The van der Waals surface area contributed by atoms with Gasteiger partial charge >= 0.3 is 0 Å². The van der Waals surface area contributed by atoms with Crippen LogP contribution in [-0.4, -0.2) is 103 Å². The number of ether oxygens (including phenoxy) is 1. The number of hydrogen-bond donors (Lipinski definition) is 3. The summed E-state index contributed by atoms with van der Waals surface area (Å²) in [5, 5.41) is 6.01. The van der Waals surface area contributed by atoms with E-state index >= 15 is 0 Å². The van der Waals surface area contributed by atoms with Gasteiger partial charge in [0.15, 0.2) is 0 Å². The first-order chi connectivity index (χ1) is 24.1. The Hall–Kier alpha value is -4.53. The van der Waals surface area contributed by atoms with Gasteiger partial charge in [-0.2, -0.15) is 4.98 Å². The second-order valence-electron chi connectivity index (χ2n) is 13.2. The van der Waals surface area contributed by atoms with E-state index in [-0.39, 0.29) is 5.69 Å². The molecule has 0 amide bonds. The third-order valence-corrected chi connectivity index (χ3v) is 11.4. The van der Waals surface area contributed by atoms with Crippen molar-refractivity contribution >= 4 is 61.6 Å². The number of anilines is 6. The van der Waals surface area contributed by atoms with Crippen LogP contribution in [0.3, 0.4) is 0 Å². The molecule has 13 nitrogen and oxygen atoms in total. The fraction of sp³-hybridized carbons (Fsp3) is 0.444. The number of nitrogens with zero attached hydrogens (tertiary/aromatic N) is 7. The molecule has 3 N–H and O–H groups in total. The first kappa shape index (κ1) is 35.3. The third kappa shape index (κ3) is 7.62. The van der Waals surface area contributed by atoms with Gasteiger partial charge in [0.05, 0.1) is 34.9 Å². The van der Waals surface area contributed by atoms with E-state index in [4.69, 9.17) is 9.72 Å². The zero-order chi connectivity index (χ0) is 35.4. The van der Waals surface area contributed by atoms with Crippen molar-refractivity contribution in [2.75, 3.05) is 73.7 Å². The van der Waals surface area contributed by atoms with Gasteiger partial charge in [-0.1, -0.05) is 19.6 Å². The number of sulfonamides is 1. The fourth-order valence-corrected chi connectivity index (χ4v) is 7.30. The Bertz CT molecular complexity index is 1940. The quantitative estimate of drug-likeness (QED) is 0.172. The lowest BCUT2D eigenvalue weighted by molar-refractivity contribution is 0.0982. The van der Waals surface area contributed by atoms with Gasteiger partial charge in [-0.15, -0.1) is 0 Å². The molecular formula is C36H48N10O3S. The second kappa shape index (κ2) is 15.2. The maximum atomic E-state index is 13.0. The molecule has 2 fully saturated rings. The maximum absolute atomic E-state index is 13.0. The predicted octanol–water partition coefficient (Wildman–Crippen LogP) is 5.49. The van der Waals surface area contributed by atoms with Gasteiger partial charge in [0, 0.05) is 81.2 Å². The monoisotopic (exact) mass is 700 g/mol. The normalized spacial score (nSPS) is 16.5. The molecule has 14 heteroatoms. The number of piperazine rings is 1. The number of likely N-dealkylation sites (N-methyl/N-ethyl adjacent to an activating group) is 1. The molecule has 0 radical (unpaired) electrons. The smallest absolute Gasteiger partial charge is 0.235 e. The molecule has 2 aliphatic heterocycles. The molecule has 4 heterocycles.